The fourth-order valence-electron chi connectivity index (χ4n) is 1.01. The third kappa shape index (κ3) is 2.67. The van der Waals surface area contributed by atoms with E-state index in [9.17, 15) is 0 Å². The van der Waals surface area contributed by atoms with Gasteiger partial charge in [-0.1, -0.05) is 29.3 Å². The molecule has 1 aromatic rings. The molecule has 0 saturated heterocycles. The molecule has 1 nitrogen and oxygen atoms in total. The summed E-state index contributed by atoms with van der Waals surface area (Å²) in [7, 11) is 0. The SMILES string of the molecule is C[C@H](O)Cc1ccc(Cl)c(Cl)c1. The molecule has 0 aliphatic rings. The number of hydrogen-bond donors (Lipinski definition) is 1. The van der Waals surface area contributed by atoms with Crippen LogP contribution in [0, 0.1) is 0 Å². The summed E-state index contributed by atoms with van der Waals surface area (Å²) in [6.45, 7) is 1.74. The Kier molecular flexibility index (Phi) is 3.39. The zero-order chi connectivity index (χ0) is 9.14. The maximum absolute atomic E-state index is 9.09. The molecule has 12 heavy (non-hydrogen) atoms. The van der Waals surface area contributed by atoms with Crippen LogP contribution in [-0.2, 0) is 6.42 Å². The maximum Gasteiger partial charge on any atom is 0.0595 e. The zero-order valence-electron chi connectivity index (χ0n) is 6.72. The summed E-state index contributed by atoms with van der Waals surface area (Å²) < 4.78 is 0. The molecule has 0 aromatic heterocycles. The van der Waals surface area contributed by atoms with Gasteiger partial charge in [-0.15, -0.1) is 0 Å². The first-order chi connectivity index (χ1) is 5.59. The highest BCUT2D eigenvalue weighted by atomic mass is 35.5. The summed E-state index contributed by atoms with van der Waals surface area (Å²) >= 11 is 11.5. The number of rotatable bonds is 2. The molecule has 0 saturated carbocycles. The van der Waals surface area contributed by atoms with E-state index < -0.39 is 0 Å². The Hall–Kier alpha value is -0.240. The van der Waals surface area contributed by atoms with Crippen molar-refractivity contribution in [2.45, 2.75) is 19.4 Å². The molecule has 1 rings (SSSR count). The second kappa shape index (κ2) is 4.13. The second-order valence-electron chi connectivity index (χ2n) is 2.80. The fourth-order valence-corrected chi connectivity index (χ4v) is 1.33. The molecule has 1 atom stereocenters. The van der Waals surface area contributed by atoms with Crippen molar-refractivity contribution in [3.8, 4) is 0 Å². The molecule has 0 spiro atoms. The van der Waals surface area contributed by atoms with Crippen LogP contribution in [-0.4, -0.2) is 11.2 Å². The fraction of sp³-hybridized carbons (Fsp3) is 0.333. The maximum atomic E-state index is 9.09. The van der Waals surface area contributed by atoms with Gasteiger partial charge in [0.25, 0.3) is 0 Å². The van der Waals surface area contributed by atoms with Crippen LogP contribution in [0.25, 0.3) is 0 Å². The molecule has 3 heteroatoms. The quantitative estimate of drug-likeness (QED) is 0.786. The van der Waals surface area contributed by atoms with Crippen LogP contribution in [0.3, 0.4) is 0 Å². The lowest BCUT2D eigenvalue weighted by Gasteiger charge is -2.04. The monoisotopic (exact) mass is 204 g/mol. The number of benzene rings is 1. The highest BCUT2D eigenvalue weighted by Gasteiger charge is 2.01. The van der Waals surface area contributed by atoms with E-state index in [1.165, 1.54) is 0 Å². The van der Waals surface area contributed by atoms with Crippen LogP contribution in [0.2, 0.25) is 10.0 Å². The van der Waals surface area contributed by atoms with Crippen LogP contribution < -0.4 is 0 Å². The average molecular weight is 205 g/mol. The van der Waals surface area contributed by atoms with Crippen molar-refractivity contribution in [3.05, 3.63) is 33.8 Å². The smallest absolute Gasteiger partial charge is 0.0595 e. The molecular formula is C9H10Cl2O. The van der Waals surface area contributed by atoms with Crippen LogP contribution in [0.1, 0.15) is 12.5 Å². The normalized spacial score (nSPS) is 13.0. The predicted octanol–water partition coefficient (Wildman–Crippen LogP) is 2.92. The van der Waals surface area contributed by atoms with Crippen molar-refractivity contribution in [3.63, 3.8) is 0 Å². The summed E-state index contributed by atoms with van der Waals surface area (Å²) in [5, 5.41) is 10.2. The van der Waals surface area contributed by atoms with Crippen molar-refractivity contribution >= 4 is 23.2 Å². The third-order valence-electron chi connectivity index (χ3n) is 1.52. The molecule has 0 bridgehead atoms. The summed E-state index contributed by atoms with van der Waals surface area (Å²) in [5.41, 5.74) is 0.999. The van der Waals surface area contributed by atoms with E-state index >= 15 is 0 Å². The largest absolute Gasteiger partial charge is 0.393 e. The third-order valence-corrected chi connectivity index (χ3v) is 2.25. The number of halogens is 2. The average Bonchev–Trinajstić information content (AvgIpc) is 1.96. The van der Waals surface area contributed by atoms with Crippen LogP contribution in [0.5, 0.6) is 0 Å². The number of hydrogen-bond acceptors (Lipinski definition) is 1. The first-order valence-electron chi connectivity index (χ1n) is 3.71. The Morgan fingerprint density at radius 1 is 1.33 bits per heavy atom. The topological polar surface area (TPSA) is 20.2 Å². The van der Waals surface area contributed by atoms with E-state index in [4.69, 9.17) is 28.3 Å². The van der Waals surface area contributed by atoms with Crippen LogP contribution in [0.4, 0.5) is 0 Å². The Balaban J connectivity index is 2.82. The summed E-state index contributed by atoms with van der Waals surface area (Å²) in [4.78, 5) is 0. The minimum absolute atomic E-state index is 0.345. The first-order valence-corrected chi connectivity index (χ1v) is 4.47. The van der Waals surface area contributed by atoms with Crippen molar-refractivity contribution in [2.75, 3.05) is 0 Å². The Labute approximate surface area is 81.9 Å². The van der Waals surface area contributed by atoms with Gasteiger partial charge in [-0.05, 0) is 31.0 Å². The highest BCUT2D eigenvalue weighted by molar-refractivity contribution is 6.42. The molecule has 0 fully saturated rings. The molecule has 0 aliphatic carbocycles. The number of aliphatic hydroxyl groups is 1. The molecular weight excluding hydrogens is 195 g/mol. The lowest BCUT2D eigenvalue weighted by Crippen LogP contribution is -2.03. The summed E-state index contributed by atoms with van der Waals surface area (Å²) in [6.07, 6.45) is 0.263. The van der Waals surface area contributed by atoms with Crippen LogP contribution >= 0.6 is 23.2 Å². The van der Waals surface area contributed by atoms with E-state index in [0.717, 1.165) is 5.56 Å². The molecule has 0 heterocycles. The van der Waals surface area contributed by atoms with Gasteiger partial charge in [-0.25, -0.2) is 0 Å². The summed E-state index contributed by atoms with van der Waals surface area (Å²) in [5.74, 6) is 0. The van der Waals surface area contributed by atoms with Crippen molar-refractivity contribution in [2.24, 2.45) is 0 Å². The lowest BCUT2D eigenvalue weighted by molar-refractivity contribution is 0.195. The Morgan fingerprint density at radius 2 is 2.00 bits per heavy atom. The molecule has 0 radical (unpaired) electrons. The minimum Gasteiger partial charge on any atom is -0.393 e. The molecule has 0 unspecified atom stereocenters. The zero-order valence-corrected chi connectivity index (χ0v) is 8.23. The van der Waals surface area contributed by atoms with Gasteiger partial charge in [0.05, 0.1) is 16.1 Å². The van der Waals surface area contributed by atoms with Gasteiger partial charge in [0.2, 0.25) is 0 Å². The van der Waals surface area contributed by atoms with Gasteiger partial charge in [-0.2, -0.15) is 0 Å². The highest BCUT2D eigenvalue weighted by Crippen LogP contribution is 2.22. The van der Waals surface area contributed by atoms with Gasteiger partial charge < -0.3 is 5.11 Å². The van der Waals surface area contributed by atoms with Gasteiger partial charge in [0.1, 0.15) is 0 Å². The molecule has 1 aromatic carbocycles. The van der Waals surface area contributed by atoms with E-state index in [2.05, 4.69) is 0 Å². The van der Waals surface area contributed by atoms with Crippen LogP contribution in [0.15, 0.2) is 18.2 Å². The lowest BCUT2D eigenvalue weighted by atomic mass is 10.1. The first kappa shape index (κ1) is 9.85. The van der Waals surface area contributed by atoms with E-state index in [1.807, 2.05) is 6.07 Å². The summed E-state index contributed by atoms with van der Waals surface area (Å²) in [6, 6.07) is 5.37. The molecule has 0 amide bonds. The van der Waals surface area contributed by atoms with Gasteiger partial charge in [-0.3, -0.25) is 0 Å². The Bertz CT molecular complexity index is 271. The van der Waals surface area contributed by atoms with Crippen molar-refractivity contribution in [1.82, 2.24) is 0 Å². The van der Waals surface area contributed by atoms with E-state index in [-0.39, 0.29) is 6.10 Å². The minimum atomic E-state index is -0.345. The molecule has 1 N–H and O–H groups in total. The second-order valence-corrected chi connectivity index (χ2v) is 3.62. The van der Waals surface area contributed by atoms with E-state index in [1.54, 1.807) is 19.1 Å². The number of aliphatic hydroxyl groups excluding tert-OH is 1. The Morgan fingerprint density at radius 3 is 2.50 bits per heavy atom. The van der Waals surface area contributed by atoms with Gasteiger partial charge in [0, 0.05) is 0 Å². The molecule has 0 aliphatic heterocycles. The molecule has 66 valence electrons. The van der Waals surface area contributed by atoms with Gasteiger partial charge >= 0.3 is 0 Å². The van der Waals surface area contributed by atoms with Crippen molar-refractivity contribution in [1.29, 1.82) is 0 Å². The van der Waals surface area contributed by atoms with Gasteiger partial charge in [0.15, 0.2) is 0 Å². The van der Waals surface area contributed by atoms with Crippen molar-refractivity contribution < 1.29 is 5.11 Å². The predicted molar refractivity (Wildman–Crippen MR) is 51.8 cm³/mol. The standard InChI is InChI=1S/C9H10Cl2O/c1-6(12)4-7-2-3-8(10)9(11)5-7/h2-3,5-6,12H,4H2,1H3/t6-/m0/s1. The van der Waals surface area contributed by atoms with E-state index in [0.29, 0.717) is 16.5 Å².